The highest BCUT2D eigenvalue weighted by atomic mass is 32.1. The number of nitriles is 1. The van der Waals surface area contributed by atoms with Crippen LogP contribution in [-0.2, 0) is 6.61 Å². The molecule has 0 aliphatic heterocycles. The van der Waals surface area contributed by atoms with Crippen molar-refractivity contribution < 1.29 is 4.74 Å². The Morgan fingerprint density at radius 1 is 1.16 bits per heavy atom. The van der Waals surface area contributed by atoms with E-state index >= 15 is 0 Å². The van der Waals surface area contributed by atoms with Crippen molar-refractivity contribution in [1.82, 2.24) is 4.98 Å². The van der Waals surface area contributed by atoms with Crippen LogP contribution in [0.25, 0.3) is 11.6 Å². The number of aryl methyl sites for hydroxylation is 2. The van der Waals surface area contributed by atoms with Crippen LogP contribution >= 0.6 is 11.3 Å². The molecule has 0 saturated heterocycles. The molecule has 3 rings (SSSR count). The van der Waals surface area contributed by atoms with Gasteiger partial charge in [-0.05, 0) is 31.6 Å². The molecule has 4 heteroatoms. The van der Waals surface area contributed by atoms with Crippen molar-refractivity contribution >= 4 is 23.0 Å². The van der Waals surface area contributed by atoms with Crippen LogP contribution in [0.3, 0.4) is 0 Å². The van der Waals surface area contributed by atoms with E-state index in [1.54, 1.807) is 0 Å². The van der Waals surface area contributed by atoms with Crippen LogP contribution in [0.4, 0.5) is 0 Å². The quantitative estimate of drug-likeness (QED) is 0.581. The number of hydrogen-bond donors (Lipinski definition) is 0. The Morgan fingerprint density at radius 2 is 1.92 bits per heavy atom. The monoisotopic (exact) mass is 346 g/mol. The van der Waals surface area contributed by atoms with Crippen molar-refractivity contribution in [2.75, 3.05) is 0 Å². The summed E-state index contributed by atoms with van der Waals surface area (Å²) in [6.07, 6.45) is 1.84. The molecule has 0 spiro atoms. The topological polar surface area (TPSA) is 45.9 Å². The molecule has 3 aromatic rings. The number of nitrogens with zero attached hydrogens (tertiary/aromatic N) is 2. The van der Waals surface area contributed by atoms with Crippen molar-refractivity contribution in [2.45, 2.75) is 20.5 Å². The number of allylic oxidation sites excluding steroid dienone is 1. The smallest absolute Gasteiger partial charge is 0.134 e. The average Bonchev–Trinajstić information content (AvgIpc) is 3.06. The summed E-state index contributed by atoms with van der Waals surface area (Å²) < 4.78 is 5.98. The lowest BCUT2D eigenvalue weighted by Gasteiger charge is -2.10. The van der Waals surface area contributed by atoms with Gasteiger partial charge in [0.15, 0.2) is 0 Å². The lowest BCUT2D eigenvalue weighted by atomic mass is 10.1. The standard InChI is InChI=1S/C21H18N2OS/c1-15-7-9-17(10-8-15)13-24-20-6-4-3-5-18(20)11-19(12-22)21-23-16(2)14-25-21/h3-11,14H,13H2,1-2H3/b19-11-. The summed E-state index contributed by atoms with van der Waals surface area (Å²) in [7, 11) is 0. The number of rotatable bonds is 5. The van der Waals surface area contributed by atoms with Crippen LogP contribution in [0.5, 0.6) is 5.75 Å². The normalized spacial score (nSPS) is 11.2. The number of ether oxygens (including phenoxy) is 1. The van der Waals surface area contributed by atoms with E-state index < -0.39 is 0 Å². The maximum Gasteiger partial charge on any atom is 0.134 e. The van der Waals surface area contributed by atoms with Crippen LogP contribution in [0.2, 0.25) is 0 Å². The Morgan fingerprint density at radius 3 is 2.60 bits per heavy atom. The Hall–Kier alpha value is -2.90. The Kier molecular flexibility index (Phi) is 5.27. The third kappa shape index (κ3) is 4.34. The summed E-state index contributed by atoms with van der Waals surface area (Å²) in [4.78, 5) is 4.40. The molecule has 0 N–H and O–H groups in total. The number of para-hydroxylation sites is 1. The highest BCUT2D eigenvalue weighted by Gasteiger charge is 2.08. The summed E-state index contributed by atoms with van der Waals surface area (Å²) >= 11 is 1.48. The fourth-order valence-electron chi connectivity index (χ4n) is 2.35. The molecule has 0 radical (unpaired) electrons. The minimum atomic E-state index is 0.489. The number of thiazole rings is 1. The van der Waals surface area contributed by atoms with E-state index in [0.29, 0.717) is 12.2 Å². The minimum absolute atomic E-state index is 0.489. The second kappa shape index (κ2) is 7.78. The molecule has 0 amide bonds. The van der Waals surface area contributed by atoms with Crippen molar-refractivity contribution in [1.29, 1.82) is 5.26 Å². The minimum Gasteiger partial charge on any atom is -0.488 e. The van der Waals surface area contributed by atoms with Crippen molar-refractivity contribution in [3.05, 3.63) is 81.3 Å². The number of hydrogen-bond acceptors (Lipinski definition) is 4. The molecule has 25 heavy (non-hydrogen) atoms. The number of aromatic nitrogens is 1. The number of benzene rings is 2. The van der Waals surface area contributed by atoms with E-state index in [-0.39, 0.29) is 0 Å². The highest BCUT2D eigenvalue weighted by molar-refractivity contribution is 7.11. The molecule has 0 fully saturated rings. The van der Waals surface area contributed by atoms with Gasteiger partial charge in [0.2, 0.25) is 0 Å². The van der Waals surface area contributed by atoms with Crippen LogP contribution in [-0.4, -0.2) is 4.98 Å². The van der Waals surface area contributed by atoms with Crippen LogP contribution in [0.1, 0.15) is 27.4 Å². The van der Waals surface area contributed by atoms with Gasteiger partial charge in [0, 0.05) is 16.6 Å². The molecule has 1 aromatic heterocycles. The first-order valence-corrected chi connectivity index (χ1v) is 8.85. The van der Waals surface area contributed by atoms with Crippen LogP contribution < -0.4 is 4.74 Å². The fraction of sp³-hybridized carbons (Fsp3) is 0.143. The second-order valence-electron chi connectivity index (χ2n) is 5.78. The molecule has 0 aliphatic carbocycles. The highest BCUT2D eigenvalue weighted by Crippen LogP contribution is 2.26. The van der Waals surface area contributed by atoms with Crippen molar-refractivity contribution in [3.63, 3.8) is 0 Å². The van der Waals surface area contributed by atoms with E-state index in [0.717, 1.165) is 27.6 Å². The third-order valence-corrected chi connectivity index (χ3v) is 4.70. The van der Waals surface area contributed by atoms with Gasteiger partial charge in [0.1, 0.15) is 23.4 Å². The first kappa shape index (κ1) is 16.9. The first-order chi connectivity index (χ1) is 12.2. The van der Waals surface area contributed by atoms with Crippen molar-refractivity contribution in [2.24, 2.45) is 0 Å². The molecule has 0 aliphatic rings. The molecule has 1 heterocycles. The lowest BCUT2D eigenvalue weighted by molar-refractivity contribution is 0.305. The lowest BCUT2D eigenvalue weighted by Crippen LogP contribution is -1.97. The Labute approximate surface area is 151 Å². The molecule has 124 valence electrons. The molecular formula is C21H18N2OS. The molecule has 0 saturated carbocycles. The second-order valence-corrected chi connectivity index (χ2v) is 6.63. The molecule has 3 nitrogen and oxygen atoms in total. The van der Waals surface area contributed by atoms with Crippen molar-refractivity contribution in [3.8, 4) is 11.8 Å². The molecular weight excluding hydrogens is 328 g/mol. The van der Waals surface area contributed by atoms with Gasteiger partial charge >= 0.3 is 0 Å². The fourth-order valence-corrected chi connectivity index (χ4v) is 3.11. The van der Waals surface area contributed by atoms with Gasteiger partial charge in [-0.2, -0.15) is 5.26 Å². The van der Waals surface area contributed by atoms with Gasteiger partial charge in [-0.15, -0.1) is 11.3 Å². The summed E-state index contributed by atoms with van der Waals surface area (Å²) in [5.74, 6) is 0.754. The Bertz CT molecular complexity index is 933. The summed E-state index contributed by atoms with van der Waals surface area (Å²) in [6, 6.07) is 18.2. The van der Waals surface area contributed by atoms with Gasteiger partial charge in [-0.1, -0.05) is 48.0 Å². The van der Waals surface area contributed by atoms with E-state index in [9.17, 15) is 5.26 Å². The average molecular weight is 346 g/mol. The predicted octanol–water partition coefficient (Wildman–Crippen LogP) is 5.40. The molecule has 0 unspecified atom stereocenters. The predicted molar refractivity (Wildman–Crippen MR) is 102 cm³/mol. The van der Waals surface area contributed by atoms with Gasteiger partial charge < -0.3 is 4.74 Å². The van der Waals surface area contributed by atoms with E-state index in [2.05, 4.69) is 42.2 Å². The molecule has 0 atom stereocenters. The zero-order valence-corrected chi connectivity index (χ0v) is 15.0. The van der Waals surface area contributed by atoms with E-state index in [1.165, 1.54) is 16.9 Å². The summed E-state index contributed by atoms with van der Waals surface area (Å²) in [5.41, 5.74) is 4.68. The summed E-state index contributed by atoms with van der Waals surface area (Å²) in [6.45, 7) is 4.48. The first-order valence-electron chi connectivity index (χ1n) is 7.97. The van der Waals surface area contributed by atoms with Gasteiger partial charge in [-0.25, -0.2) is 4.98 Å². The molecule has 2 aromatic carbocycles. The molecule has 0 bridgehead atoms. The van der Waals surface area contributed by atoms with E-state index in [4.69, 9.17) is 4.74 Å². The third-order valence-electron chi connectivity index (χ3n) is 3.70. The maximum atomic E-state index is 9.48. The van der Waals surface area contributed by atoms with Gasteiger partial charge in [0.25, 0.3) is 0 Å². The Balaban J connectivity index is 1.84. The van der Waals surface area contributed by atoms with Gasteiger partial charge in [-0.3, -0.25) is 0 Å². The van der Waals surface area contributed by atoms with E-state index in [1.807, 2.05) is 42.6 Å². The maximum absolute atomic E-state index is 9.48. The largest absolute Gasteiger partial charge is 0.488 e. The SMILES string of the molecule is Cc1ccc(COc2ccccc2/C=C(/C#N)c2nc(C)cs2)cc1. The summed E-state index contributed by atoms with van der Waals surface area (Å²) in [5, 5.41) is 12.2. The van der Waals surface area contributed by atoms with Gasteiger partial charge in [0.05, 0.1) is 5.57 Å². The van der Waals surface area contributed by atoms with Crippen LogP contribution in [0, 0.1) is 25.2 Å². The zero-order valence-electron chi connectivity index (χ0n) is 14.2. The van der Waals surface area contributed by atoms with Crippen LogP contribution in [0.15, 0.2) is 53.9 Å². The zero-order chi connectivity index (χ0) is 17.6.